The first-order valence-corrected chi connectivity index (χ1v) is 6.78. The minimum Gasteiger partial charge on any atom is -0.348 e. The van der Waals surface area contributed by atoms with Crippen molar-refractivity contribution in [1.82, 2.24) is 20.2 Å². The molecule has 1 aliphatic rings. The van der Waals surface area contributed by atoms with Crippen LogP contribution in [0.2, 0.25) is 0 Å². The Labute approximate surface area is 118 Å². The van der Waals surface area contributed by atoms with Gasteiger partial charge >= 0.3 is 0 Å². The first-order valence-electron chi connectivity index (χ1n) is 6.78. The van der Waals surface area contributed by atoms with Crippen LogP contribution in [0.1, 0.15) is 17.0 Å². The number of nitrogens with one attached hydrogen (secondary N) is 2. The molecule has 2 heterocycles. The fourth-order valence-corrected chi connectivity index (χ4v) is 2.50. The van der Waals surface area contributed by atoms with Crippen molar-refractivity contribution >= 4 is 5.91 Å². The highest BCUT2D eigenvalue weighted by Gasteiger charge is 2.23. The second-order valence-corrected chi connectivity index (χ2v) is 5.08. The molecule has 1 aliphatic heterocycles. The van der Waals surface area contributed by atoms with E-state index in [1.54, 1.807) is 6.20 Å². The summed E-state index contributed by atoms with van der Waals surface area (Å²) < 4.78 is 1.91. The molecule has 1 aromatic heterocycles. The van der Waals surface area contributed by atoms with Crippen molar-refractivity contribution in [3.05, 3.63) is 53.6 Å². The number of nitrogens with zero attached hydrogens (tertiary/aromatic N) is 2. The minimum atomic E-state index is -0.162. The number of benzene rings is 1. The third-order valence-corrected chi connectivity index (χ3v) is 3.74. The van der Waals surface area contributed by atoms with Crippen LogP contribution in [-0.4, -0.2) is 21.5 Å². The van der Waals surface area contributed by atoms with E-state index >= 15 is 0 Å². The van der Waals surface area contributed by atoms with E-state index in [-0.39, 0.29) is 11.9 Å². The molecule has 1 amide bonds. The zero-order valence-electron chi connectivity index (χ0n) is 11.5. The van der Waals surface area contributed by atoms with E-state index in [0.29, 0.717) is 6.54 Å². The average Bonchev–Trinajstić information content (AvgIpc) is 2.89. The molecule has 0 fully saturated rings. The van der Waals surface area contributed by atoms with Crippen LogP contribution in [0, 0.1) is 0 Å². The van der Waals surface area contributed by atoms with Gasteiger partial charge in [0.05, 0.1) is 12.6 Å². The predicted molar refractivity (Wildman–Crippen MR) is 75.8 cm³/mol. The third-order valence-electron chi connectivity index (χ3n) is 3.74. The van der Waals surface area contributed by atoms with Crippen LogP contribution in [0.5, 0.6) is 0 Å². The van der Waals surface area contributed by atoms with Crippen molar-refractivity contribution in [1.29, 1.82) is 0 Å². The summed E-state index contributed by atoms with van der Waals surface area (Å²) in [6.07, 6.45) is 4.34. The SMILES string of the molecule is Cn1ccnc1CNC(=O)[C@@H]1Cc2ccccc2CN1. The second-order valence-electron chi connectivity index (χ2n) is 5.08. The lowest BCUT2D eigenvalue weighted by Crippen LogP contribution is -2.47. The van der Waals surface area contributed by atoms with Gasteiger partial charge in [-0.05, 0) is 17.5 Å². The third kappa shape index (κ3) is 2.58. The molecule has 5 heteroatoms. The normalized spacial score (nSPS) is 17.6. The molecule has 3 rings (SSSR count). The van der Waals surface area contributed by atoms with Crippen LogP contribution in [0.15, 0.2) is 36.7 Å². The number of aryl methyl sites for hydroxylation is 1. The van der Waals surface area contributed by atoms with Crippen LogP contribution in [-0.2, 0) is 31.4 Å². The van der Waals surface area contributed by atoms with Gasteiger partial charge in [-0.2, -0.15) is 0 Å². The van der Waals surface area contributed by atoms with E-state index in [0.717, 1.165) is 18.8 Å². The average molecular weight is 270 g/mol. The molecule has 0 radical (unpaired) electrons. The van der Waals surface area contributed by atoms with Crippen molar-refractivity contribution in [3.8, 4) is 0 Å². The van der Waals surface area contributed by atoms with Gasteiger partial charge in [-0.1, -0.05) is 24.3 Å². The van der Waals surface area contributed by atoms with Gasteiger partial charge < -0.3 is 15.2 Å². The molecule has 2 aromatic rings. The van der Waals surface area contributed by atoms with E-state index in [1.165, 1.54) is 11.1 Å². The number of amides is 1. The Morgan fingerprint density at radius 2 is 2.25 bits per heavy atom. The summed E-state index contributed by atoms with van der Waals surface area (Å²) >= 11 is 0. The summed E-state index contributed by atoms with van der Waals surface area (Å²) in [7, 11) is 1.92. The number of fused-ring (bicyclic) bond motifs is 1. The largest absolute Gasteiger partial charge is 0.348 e. The Morgan fingerprint density at radius 1 is 1.45 bits per heavy atom. The van der Waals surface area contributed by atoms with Crippen LogP contribution >= 0.6 is 0 Å². The summed E-state index contributed by atoms with van der Waals surface area (Å²) in [6.45, 7) is 1.21. The molecule has 0 saturated carbocycles. The zero-order chi connectivity index (χ0) is 13.9. The molecule has 0 unspecified atom stereocenters. The smallest absolute Gasteiger partial charge is 0.237 e. The van der Waals surface area contributed by atoms with Crippen LogP contribution in [0.25, 0.3) is 0 Å². The van der Waals surface area contributed by atoms with Crippen LogP contribution in [0.4, 0.5) is 0 Å². The van der Waals surface area contributed by atoms with Crippen molar-refractivity contribution in [2.24, 2.45) is 7.05 Å². The molecule has 5 nitrogen and oxygen atoms in total. The molecule has 1 aromatic carbocycles. The summed E-state index contributed by atoms with van der Waals surface area (Å²) in [6, 6.07) is 8.08. The fraction of sp³-hybridized carbons (Fsp3) is 0.333. The van der Waals surface area contributed by atoms with E-state index in [9.17, 15) is 4.79 Å². The van der Waals surface area contributed by atoms with Crippen molar-refractivity contribution in [3.63, 3.8) is 0 Å². The lowest BCUT2D eigenvalue weighted by molar-refractivity contribution is -0.123. The molecule has 0 spiro atoms. The number of imidazole rings is 1. The Hall–Kier alpha value is -2.14. The molecule has 0 saturated heterocycles. The number of rotatable bonds is 3. The van der Waals surface area contributed by atoms with Gasteiger partial charge in [-0.3, -0.25) is 4.79 Å². The Balaban J connectivity index is 1.60. The van der Waals surface area contributed by atoms with E-state index in [1.807, 2.05) is 29.9 Å². The quantitative estimate of drug-likeness (QED) is 0.865. The lowest BCUT2D eigenvalue weighted by Gasteiger charge is -2.25. The molecule has 1 atom stereocenters. The Morgan fingerprint density at radius 3 is 3.00 bits per heavy atom. The van der Waals surface area contributed by atoms with Gasteiger partial charge in [-0.15, -0.1) is 0 Å². The Bertz CT molecular complexity index is 620. The summed E-state index contributed by atoms with van der Waals surface area (Å²) in [5, 5.41) is 6.22. The molecule has 20 heavy (non-hydrogen) atoms. The highest BCUT2D eigenvalue weighted by Crippen LogP contribution is 2.16. The highest BCUT2D eigenvalue weighted by molar-refractivity contribution is 5.82. The van der Waals surface area contributed by atoms with Gasteiger partial charge in [0, 0.05) is 26.0 Å². The maximum Gasteiger partial charge on any atom is 0.237 e. The highest BCUT2D eigenvalue weighted by atomic mass is 16.2. The number of carbonyl (C=O) groups excluding carboxylic acids is 1. The minimum absolute atomic E-state index is 0.0301. The maximum absolute atomic E-state index is 12.2. The van der Waals surface area contributed by atoms with Crippen molar-refractivity contribution < 1.29 is 4.79 Å². The first-order chi connectivity index (χ1) is 9.74. The summed E-state index contributed by atoms with van der Waals surface area (Å²) in [4.78, 5) is 16.4. The number of aromatic nitrogens is 2. The topological polar surface area (TPSA) is 59.0 Å². The van der Waals surface area contributed by atoms with Gasteiger partial charge in [0.2, 0.25) is 5.91 Å². The second kappa shape index (κ2) is 5.46. The van der Waals surface area contributed by atoms with E-state index in [2.05, 4.69) is 27.8 Å². The molecular formula is C15H18N4O. The van der Waals surface area contributed by atoms with Gasteiger partial charge in [0.1, 0.15) is 5.82 Å². The van der Waals surface area contributed by atoms with Crippen LogP contribution in [0.3, 0.4) is 0 Å². The predicted octanol–water partition coefficient (Wildman–Crippen LogP) is 0.751. The molecular weight excluding hydrogens is 252 g/mol. The van der Waals surface area contributed by atoms with Crippen molar-refractivity contribution in [2.75, 3.05) is 0 Å². The van der Waals surface area contributed by atoms with E-state index < -0.39 is 0 Å². The summed E-state index contributed by atoms with van der Waals surface area (Å²) in [5.41, 5.74) is 2.53. The maximum atomic E-state index is 12.2. The number of carbonyl (C=O) groups is 1. The molecule has 0 bridgehead atoms. The zero-order valence-corrected chi connectivity index (χ0v) is 11.5. The monoisotopic (exact) mass is 270 g/mol. The van der Waals surface area contributed by atoms with Gasteiger partial charge in [-0.25, -0.2) is 4.98 Å². The Kier molecular flexibility index (Phi) is 3.52. The molecule has 0 aliphatic carbocycles. The number of hydrogen-bond donors (Lipinski definition) is 2. The lowest BCUT2D eigenvalue weighted by atomic mass is 9.95. The van der Waals surface area contributed by atoms with Gasteiger partial charge in [0.25, 0.3) is 0 Å². The van der Waals surface area contributed by atoms with Gasteiger partial charge in [0.15, 0.2) is 0 Å². The van der Waals surface area contributed by atoms with Crippen molar-refractivity contribution in [2.45, 2.75) is 25.6 Å². The molecule has 104 valence electrons. The fourth-order valence-electron chi connectivity index (χ4n) is 2.50. The summed E-state index contributed by atoms with van der Waals surface area (Å²) in [5.74, 6) is 0.886. The number of hydrogen-bond acceptors (Lipinski definition) is 3. The first kappa shape index (κ1) is 12.9. The molecule has 2 N–H and O–H groups in total. The van der Waals surface area contributed by atoms with Crippen LogP contribution < -0.4 is 10.6 Å². The standard InChI is InChI=1S/C15H18N4O/c1-19-7-6-16-14(19)10-18-15(20)13-8-11-4-2-3-5-12(11)9-17-13/h2-7,13,17H,8-10H2,1H3,(H,18,20)/t13-/m0/s1. The van der Waals surface area contributed by atoms with E-state index in [4.69, 9.17) is 0 Å².